The maximum absolute atomic E-state index is 13.0. The number of fused-ring (bicyclic) bond motifs is 1. The Balaban J connectivity index is 0.00000182. The summed E-state index contributed by atoms with van der Waals surface area (Å²) in [6.07, 6.45) is 0.338. The Kier molecular flexibility index (Phi) is 5.30. The summed E-state index contributed by atoms with van der Waals surface area (Å²) in [4.78, 5) is 15.0. The first-order valence-electron chi connectivity index (χ1n) is 8.55. The summed E-state index contributed by atoms with van der Waals surface area (Å²) < 4.78 is 0. The molecule has 25 heavy (non-hydrogen) atoms. The molecule has 4 nitrogen and oxygen atoms in total. The Morgan fingerprint density at radius 2 is 1.92 bits per heavy atom. The topological polar surface area (TPSA) is 52.6 Å². The van der Waals surface area contributed by atoms with E-state index in [1.807, 2.05) is 24.3 Å². The molecule has 2 fully saturated rings. The van der Waals surface area contributed by atoms with Crippen LogP contribution in [0.2, 0.25) is 0 Å². The van der Waals surface area contributed by atoms with Crippen LogP contribution in [0.1, 0.15) is 17.2 Å². The first-order chi connectivity index (χ1) is 11.7. The lowest BCUT2D eigenvalue weighted by Crippen LogP contribution is -2.35. The molecule has 4 rings (SSSR count). The van der Waals surface area contributed by atoms with Crippen molar-refractivity contribution in [2.45, 2.75) is 12.5 Å². The molecule has 2 heterocycles. The normalized spacial score (nSPS) is 24.6. The second kappa shape index (κ2) is 7.46. The quantitative estimate of drug-likeness (QED) is 0.887. The highest BCUT2D eigenvalue weighted by molar-refractivity contribution is 5.85. The van der Waals surface area contributed by atoms with Gasteiger partial charge < -0.3 is 15.3 Å². The lowest BCUT2D eigenvalue weighted by molar-refractivity contribution is -0.131. The largest absolute Gasteiger partial charge is 0.508 e. The SMILES string of the molecule is Cl.O=C(Cc1cccc(O)c1)N1C[C@@H]2CNC[C@@H]2[C@H]1c1ccccc1. The van der Waals surface area contributed by atoms with E-state index in [0.29, 0.717) is 18.3 Å². The van der Waals surface area contributed by atoms with E-state index in [2.05, 4.69) is 22.3 Å². The van der Waals surface area contributed by atoms with Gasteiger partial charge in [-0.1, -0.05) is 42.5 Å². The average Bonchev–Trinajstić information content (AvgIpc) is 3.16. The van der Waals surface area contributed by atoms with Gasteiger partial charge in [-0.3, -0.25) is 4.79 Å². The highest BCUT2D eigenvalue weighted by Crippen LogP contribution is 2.42. The van der Waals surface area contributed by atoms with E-state index in [0.717, 1.165) is 25.2 Å². The number of nitrogens with one attached hydrogen (secondary N) is 1. The molecular formula is C20H23ClN2O2. The van der Waals surface area contributed by atoms with Crippen LogP contribution in [0.3, 0.4) is 0 Å². The van der Waals surface area contributed by atoms with Gasteiger partial charge in [-0.05, 0) is 29.2 Å². The molecule has 2 aliphatic heterocycles. The van der Waals surface area contributed by atoms with Crippen LogP contribution in [-0.2, 0) is 11.2 Å². The first-order valence-corrected chi connectivity index (χ1v) is 8.55. The van der Waals surface area contributed by atoms with Crippen molar-refractivity contribution < 1.29 is 9.90 Å². The van der Waals surface area contributed by atoms with E-state index in [-0.39, 0.29) is 30.1 Å². The molecule has 3 atom stereocenters. The van der Waals surface area contributed by atoms with Crippen molar-refractivity contribution in [2.24, 2.45) is 11.8 Å². The number of nitrogens with zero attached hydrogens (tertiary/aromatic N) is 1. The molecule has 0 radical (unpaired) electrons. The minimum absolute atomic E-state index is 0. The Morgan fingerprint density at radius 3 is 2.68 bits per heavy atom. The Hall–Kier alpha value is -2.04. The Bertz CT molecular complexity index is 737. The number of aromatic hydroxyl groups is 1. The number of phenols is 1. The molecule has 2 N–H and O–H groups in total. The summed E-state index contributed by atoms with van der Waals surface area (Å²) in [5.41, 5.74) is 2.08. The van der Waals surface area contributed by atoms with Crippen molar-refractivity contribution in [3.63, 3.8) is 0 Å². The molecule has 2 aromatic carbocycles. The number of halogens is 1. The summed E-state index contributed by atoms with van der Waals surface area (Å²) >= 11 is 0. The van der Waals surface area contributed by atoms with Gasteiger partial charge in [0.1, 0.15) is 5.75 Å². The second-order valence-corrected chi connectivity index (χ2v) is 6.83. The smallest absolute Gasteiger partial charge is 0.227 e. The summed E-state index contributed by atoms with van der Waals surface area (Å²) in [5.74, 6) is 1.37. The van der Waals surface area contributed by atoms with Gasteiger partial charge >= 0.3 is 0 Å². The number of amides is 1. The predicted molar refractivity (Wildman–Crippen MR) is 99.8 cm³/mol. The van der Waals surface area contributed by atoms with Crippen LogP contribution in [0, 0.1) is 11.8 Å². The zero-order valence-corrected chi connectivity index (χ0v) is 14.8. The highest BCUT2D eigenvalue weighted by Gasteiger charge is 2.46. The minimum Gasteiger partial charge on any atom is -0.508 e. The van der Waals surface area contributed by atoms with E-state index >= 15 is 0 Å². The summed E-state index contributed by atoms with van der Waals surface area (Å²) in [6.45, 7) is 2.78. The molecule has 1 amide bonds. The predicted octanol–water partition coefficient (Wildman–Crippen LogP) is 2.78. The fourth-order valence-electron chi connectivity index (χ4n) is 4.20. The van der Waals surface area contributed by atoms with Crippen LogP contribution in [0.15, 0.2) is 54.6 Å². The molecule has 0 aliphatic carbocycles. The number of phenolic OH excluding ortho intramolecular Hbond substituents is 1. The number of likely N-dealkylation sites (tertiary alicyclic amines) is 1. The molecule has 0 aromatic heterocycles. The van der Waals surface area contributed by atoms with Crippen molar-refractivity contribution in [2.75, 3.05) is 19.6 Å². The van der Waals surface area contributed by atoms with Crippen molar-refractivity contribution in [3.8, 4) is 5.75 Å². The lowest BCUT2D eigenvalue weighted by Gasteiger charge is -2.28. The molecule has 0 unspecified atom stereocenters. The molecule has 0 spiro atoms. The fraction of sp³-hybridized carbons (Fsp3) is 0.350. The van der Waals surface area contributed by atoms with E-state index in [1.54, 1.807) is 18.2 Å². The van der Waals surface area contributed by atoms with Crippen LogP contribution in [0.5, 0.6) is 5.75 Å². The standard InChI is InChI=1S/C20H22N2O2.ClH/c23-17-8-4-5-14(9-17)10-19(24)22-13-16-11-21-12-18(16)20(22)15-6-2-1-3-7-15;/h1-9,16,18,20-21,23H,10-13H2;1H/t16-,18-,20+;/m0./s1. The number of benzene rings is 2. The van der Waals surface area contributed by atoms with E-state index in [9.17, 15) is 9.90 Å². The number of hydrogen-bond donors (Lipinski definition) is 2. The van der Waals surface area contributed by atoms with Crippen LogP contribution >= 0.6 is 12.4 Å². The van der Waals surface area contributed by atoms with Gasteiger partial charge in [-0.15, -0.1) is 12.4 Å². The van der Waals surface area contributed by atoms with Gasteiger partial charge in [0.15, 0.2) is 0 Å². The third-order valence-corrected chi connectivity index (χ3v) is 5.29. The maximum atomic E-state index is 13.0. The Morgan fingerprint density at radius 1 is 1.12 bits per heavy atom. The fourth-order valence-corrected chi connectivity index (χ4v) is 4.20. The molecule has 2 aromatic rings. The van der Waals surface area contributed by atoms with Gasteiger partial charge in [0.05, 0.1) is 12.5 Å². The minimum atomic E-state index is 0. The Labute approximate surface area is 154 Å². The summed E-state index contributed by atoms with van der Waals surface area (Å²) in [6, 6.07) is 17.5. The number of carbonyl (C=O) groups excluding carboxylic acids is 1. The van der Waals surface area contributed by atoms with Crippen LogP contribution in [0.4, 0.5) is 0 Å². The third kappa shape index (κ3) is 3.51. The molecule has 0 saturated carbocycles. The summed E-state index contributed by atoms with van der Waals surface area (Å²) in [7, 11) is 0. The van der Waals surface area contributed by atoms with Crippen molar-refractivity contribution >= 4 is 18.3 Å². The van der Waals surface area contributed by atoms with Gasteiger partial charge in [-0.2, -0.15) is 0 Å². The van der Waals surface area contributed by atoms with Crippen LogP contribution < -0.4 is 5.32 Å². The zero-order valence-electron chi connectivity index (χ0n) is 14.0. The summed E-state index contributed by atoms with van der Waals surface area (Å²) in [5, 5.41) is 13.1. The highest BCUT2D eigenvalue weighted by atomic mass is 35.5. The van der Waals surface area contributed by atoms with Crippen molar-refractivity contribution in [3.05, 3.63) is 65.7 Å². The number of rotatable bonds is 3. The van der Waals surface area contributed by atoms with E-state index in [1.165, 1.54) is 5.56 Å². The number of carbonyl (C=O) groups is 1. The average molecular weight is 359 g/mol. The molecule has 2 saturated heterocycles. The monoisotopic (exact) mass is 358 g/mol. The second-order valence-electron chi connectivity index (χ2n) is 6.83. The van der Waals surface area contributed by atoms with Crippen LogP contribution in [0.25, 0.3) is 0 Å². The maximum Gasteiger partial charge on any atom is 0.227 e. The van der Waals surface area contributed by atoms with Crippen molar-refractivity contribution in [1.29, 1.82) is 0 Å². The van der Waals surface area contributed by atoms with Crippen LogP contribution in [-0.4, -0.2) is 35.5 Å². The third-order valence-electron chi connectivity index (χ3n) is 5.29. The molecule has 0 bridgehead atoms. The molecule has 132 valence electrons. The first kappa shape index (κ1) is 17.8. The zero-order chi connectivity index (χ0) is 16.5. The van der Waals surface area contributed by atoms with E-state index in [4.69, 9.17) is 0 Å². The number of hydrogen-bond acceptors (Lipinski definition) is 3. The van der Waals surface area contributed by atoms with E-state index < -0.39 is 0 Å². The van der Waals surface area contributed by atoms with Gasteiger partial charge in [0.25, 0.3) is 0 Å². The molecule has 5 heteroatoms. The van der Waals surface area contributed by atoms with Gasteiger partial charge in [-0.25, -0.2) is 0 Å². The van der Waals surface area contributed by atoms with Gasteiger partial charge in [0.2, 0.25) is 5.91 Å². The van der Waals surface area contributed by atoms with Gasteiger partial charge in [0, 0.05) is 25.6 Å². The van der Waals surface area contributed by atoms with Crippen molar-refractivity contribution in [1.82, 2.24) is 10.2 Å². The molecular weight excluding hydrogens is 336 g/mol. The molecule has 2 aliphatic rings. The lowest BCUT2D eigenvalue weighted by atomic mass is 9.89.